The molecule has 6 aromatic rings. The van der Waals surface area contributed by atoms with E-state index in [1.54, 1.807) is 42.7 Å². The smallest absolute Gasteiger partial charge is 0.262 e. The number of anilines is 3. The lowest BCUT2D eigenvalue weighted by Gasteiger charge is -2.40. The minimum Gasteiger partial charge on any atom is -0.457 e. The normalized spacial score (nSPS) is 20.0. The number of piperazine rings is 1. The molecule has 5 aliphatic rings. The molecule has 5 aliphatic heterocycles. The lowest BCUT2D eigenvalue weighted by atomic mass is 9.95. The maximum Gasteiger partial charge on any atom is 0.262 e. The van der Waals surface area contributed by atoms with E-state index >= 15 is 0 Å². The number of carbonyl (C=O) groups excluding carboxylic acids is 6. The van der Waals surface area contributed by atoms with Crippen LogP contribution in [0.1, 0.15) is 85.5 Å². The number of para-hydroxylation sites is 1. The summed E-state index contributed by atoms with van der Waals surface area (Å²) in [4.78, 5) is 105. The van der Waals surface area contributed by atoms with Gasteiger partial charge in [0.2, 0.25) is 11.8 Å². The Morgan fingerprint density at radius 2 is 1.57 bits per heavy atom. The van der Waals surface area contributed by atoms with Crippen molar-refractivity contribution < 1.29 is 33.5 Å². The summed E-state index contributed by atoms with van der Waals surface area (Å²) in [5.41, 5.74) is 3.17. The van der Waals surface area contributed by atoms with Crippen LogP contribution in [0.5, 0.6) is 11.5 Å². The van der Waals surface area contributed by atoms with Crippen LogP contribution >= 0.6 is 11.6 Å². The standard InChI is InChI=1S/C53H52ClN11O7/c54-42-26-37(72-36-6-2-1-3-7-36)10-12-39(42)47(67)41-28-56-48-46(41)49(58-31-57-48)59-34-5-4-18-64(30-34)51(69)33-8-14-44(55-27-33)63-19-16-32(17-20-63)29-61-21-23-62(24-22-61)35-9-11-38-40(25-35)53(71)65(52(38)70)43-13-15-45(66)60-50(43)68/h1-3,6-12,14,25-28,31-32,34,43H,4-5,13,15-24,29-30H2,(H,60,66,68)(H2,56,57,58,59)/t34-,43?/m1/s1. The summed E-state index contributed by atoms with van der Waals surface area (Å²) in [6, 6.07) is 22.3. The second kappa shape index (κ2) is 19.8. The molecule has 3 N–H and O–H groups in total. The zero-order valence-corrected chi connectivity index (χ0v) is 40.1. The zero-order chi connectivity index (χ0) is 49.5. The Balaban J connectivity index is 0.652. The average Bonchev–Trinajstić information content (AvgIpc) is 3.95. The summed E-state index contributed by atoms with van der Waals surface area (Å²) >= 11 is 6.66. The molecule has 0 aliphatic carbocycles. The molecule has 11 rings (SSSR count). The van der Waals surface area contributed by atoms with Gasteiger partial charge in [0.15, 0.2) is 5.78 Å². The van der Waals surface area contributed by atoms with Gasteiger partial charge in [-0.1, -0.05) is 29.8 Å². The number of halogens is 1. The van der Waals surface area contributed by atoms with E-state index in [1.165, 1.54) is 6.33 Å². The largest absolute Gasteiger partial charge is 0.457 e. The summed E-state index contributed by atoms with van der Waals surface area (Å²) in [6.45, 7) is 7.09. The highest BCUT2D eigenvalue weighted by molar-refractivity contribution is 6.36. The Morgan fingerprint density at radius 3 is 2.33 bits per heavy atom. The number of nitrogens with one attached hydrogen (secondary N) is 3. The lowest BCUT2D eigenvalue weighted by molar-refractivity contribution is -0.136. The monoisotopic (exact) mass is 989 g/mol. The number of hydrogen-bond donors (Lipinski definition) is 3. The van der Waals surface area contributed by atoms with E-state index in [4.69, 9.17) is 21.3 Å². The third kappa shape index (κ3) is 9.34. The Hall–Kier alpha value is -7.70. The van der Waals surface area contributed by atoms with Crippen molar-refractivity contribution in [2.75, 3.05) is 74.0 Å². The molecule has 0 saturated carbocycles. The van der Waals surface area contributed by atoms with Crippen molar-refractivity contribution in [3.8, 4) is 11.5 Å². The molecule has 72 heavy (non-hydrogen) atoms. The molecule has 18 nitrogen and oxygen atoms in total. The number of hydrogen-bond acceptors (Lipinski definition) is 14. The van der Waals surface area contributed by atoms with Gasteiger partial charge in [0.1, 0.15) is 41.2 Å². The van der Waals surface area contributed by atoms with Crippen LogP contribution in [0.2, 0.25) is 5.02 Å². The van der Waals surface area contributed by atoms with E-state index in [1.807, 2.05) is 53.4 Å². The van der Waals surface area contributed by atoms with E-state index in [9.17, 15) is 28.8 Å². The van der Waals surface area contributed by atoms with Crippen LogP contribution in [-0.4, -0.2) is 141 Å². The highest BCUT2D eigenvalue weighted by Crippen LogP contribution is 2.34. The van der Waals surface area contributed by atoms with Gasteiger partial charge in [-0.05, 0) is 92.6 Å². The maximum atomic E-state index is 14.0. The van der Waals surface area contributed by atoms with Gasteiger partial charge in [-0.15, -0.1) is 0 Å². The SMILES string of the molecule is O=C1CCC(N2C(=O)c3ccc(N4CCN(CC5CCN(c6ccc(C(=O)N7CCC[C@@H](Nc8ncnc9[nH]cc(C(=O)c%10ccc(Oc%11ccccc%11)cc%10Cl)c89)C7)cn6)CC5)CC4)cc3C2=O)C(=O)N1. The number of amides is 5. The third-order valence-corrected chi connectivity index (χ3v) is 14.9. The molecule has 0 bridgehead atoms. The minimum absolute atomic E-state index is 0.0812. The molecule has 4 fully saturated rings. The second-order valence-electron chi connectivity index (χ2n) is 19.1. The number of piperidine rings is 3. The summed E-state index contributed by atoms with van der Waals surface area (Å²) in [7, 11) is 0. The first-order valence-corrected chi connectivity index (χ1v) is 24.9. The fourth-order valence-corrected chi connectivity index (χ4v) is 10.9. The number of H-pyrrole nitrogens is 1. The number of fused-ring (bicyclic) bond motifs is 2. The number of benzene rings is 3. The number of carbonyl (C=O) groups is 6. The number of likely N-dealkylation sites (tertiary alicyclic amines) is 1. The molecule has 4 saturated heterocycles. The van der Waals surface area contributed by atoms with Crippen molar-refractivity contribution in [3.05, 3.63) is 130 Å². The minimum atomic E-state index is -0.987. The third-order valence-electron chi connectivity index (χ3n) is 14.5. The Kier molecular flexibility index (Phi) is 12.9. The molecule has 5 amide bonds. The molecule has 0 radical (unpaired) electrons. The van der Waals surface area contributed by atoms with Gasteiger partial charge in [-0.25, -0.2) is 15.0 Å². The van der Waals surface area contributed by atoms with Crippen LogP contribution in [0.25, 0.3) is 11.0 Å². The van der Waals surface area contributed by atoms with Gasteiger partial charge in [-0.2, -0.15) is 0 Å². The van der Waals surface area contributed by atoms with Gasteiger partial charge in [-0.3, -0.25) is 43.9 Å². The van der Waals surface area contributed by atoms with Crippen molar-refractivity contribution in [1.29, 1.82) is 0 Å². The van der Waals surface area contributed by atoms with Crippen LogP contribution in [-0.2, 0) is 9.59 Å². The Labute approximate surface area is 419 Å². The summed E-state index contributed by atoms with van der Waals surface area (Å²) in [5, 5.41) is 6.57. The Bertz CT molecular complexity index is 3100. The molecule has 1 unspecified atom stereocenters. The molecule has 3 aromatic carbocycles. The highest BCUT2D eigenvalue weighted by Gasteiger charge is 2.45. The topological polar surface area (TPSA) is 206 Å². The van der Waals surface area contributed by atoms with Crippen LogP contribution in [0.3, 0.4) is 0 Å². The van der Waals surface area contributed by atoms with Gasteiger partial charge in [0.25, 0.3) is 17.7 Å². The fourth-order valence-electron chi connectivity index (χ4n) is 10.7. The summed E-state index contributed by atoms with van der Waals surface area (Å²) < 4.78 is 5.91. The molecular weight excluding hydrogens is 938 g/mol. The molecule has 19 heteroatoms. The summed E-state index contributed by atoms with van der Waals surface area (Å²) in [5.74, 6) is 0.665. The van der Waals surface area contributed by atoms with Crippen molar-refractivity contribution in [2.24, 2.45) is 5.92 Å². The van der Waals surface area contributed by atoms with Gasteiger partial charge >= 0.3 is 0 Å². The molecule has 8 heterocycles. The maximum absolute atomic E-state index is 14.0. The number of nitrogens with zero attached hydrogens (tertiary/aromatic N) is 8. The van der Waals surface area contributed by atoms with Gasteiger partial charge in [0.05, 0.1) is 32.7 Å². The lowest BCUT2D eigenvalue weighted by Crippen LogP contribution is -2.54. The van der Waals surface area contributed by atoms with E-state index < -0.39 is 29.7 Å². The quantitative estimate of drug-likeness (QED) is 0.0925. The van der Waals surface area contributed by atoms with E-state index in [0.717, 1.165) is 87.9 Å². The molecule has 2 atom stereocenters. The highest BCUT2D eigenvalue weighted by atomic mass is 35.5. The van der Waals surface area contributed by atoms with Crippen molar-refractivity contribution in [2.45, 2.75) is 50.6 Å². The van der Waals surface area contributed by atoms with Gasteiger partial charge < -0.3 is 29.7 Å². The first-order valence-electron chi connectivity index (χ1n) is 24.5. The van der Waals surface area contributed by atoms with Gasteiger partial charge in [0, 0.05) is 101 Å². The number of imide groups is 2. The van der Waals surface area contributed by atoms with Crippen LogP contribution < -0.4 is 25.2 Å². The van der Waals surface area contributed by atoms with E-state index in [0.29, 0.717) is 69.6 Å². The van der Waals surface area contributed by atoms with Crippen LogP contribution in [0.15, 0.2) is 97.6 Å². The van der Waals surface area contributed by atoms with E-state index in [2.05, 4.69) is 40.3 Å². The second-order valence-corrected chi connectivity index (χ2v) is 19.5. The predicted molar refractivity (Wildman–Crippen MR) is 269 cm³/mol. The number of pyridine rings is 1. The molecule has 3 aromatic heterocycles. The fraction of sp³-hybridized carbons (Fsp3) is 0.340. The number of aromatic nitrogens is 4. The number of aromatic amines is 1. The molecule has 368 valence electrons. The first kappa shape index (κ1) is 46.7. The van der Waals surface area contributed by atoms with Crippen LogP contribution in [0, 0.1) is 5.92 Å². The average molecular weight is 991 g/mol. The first-order chi connectivity index (χ1) is 35.0. The zero-order valence-electron chi connectivity index (χ0n) is 39.4. The number of ether oxygens (including phenoxy) is 1. The van der Waals surface area contributed by atoms with E-state index in [-0.39, 0.29) is 41.2 Å². The molecular formula is C53H52ClN11O7. The van der Waals surface area contributed by atoms with Crippen molar-refractivity contribution >= 4 is 75.3 Å². The van der Waals surface area contributed by atoms with Crippen molar-refractivity contribution in [1.82, 2.24) is 40.0 Å². The number of rotatable bonds is 12. The van der Waals surface area contributed by atoms with Crippen molar-refractivity contribution in [3.63, 3.8) is 0 Å². The molecule has 0 spiro atoms. The Morgan fingerprint density at radius 1 is 0.764 bits per heavy atom. The van der Waals surface area contributed by atoms with Crippen LogP contribution in [0.4, 0.5) is 17.3 Å². The number of ketones is 1. The summed E-state index contributed by atoms with van der Waals surface area (Å²) in [6.07, 6.45) is 8.60. The predicted octanol–water partition coefficient (Wildman–Crippen LogP) is 6.19.